The first-order chi connectivity index (χ1) is 26.6. The summed E-state index contributed by atoms with van der Waals surface area (Å²) < 4.78 is 4.70. The van der Waals surface area contributed by atoms with Crippen molar-refractivity contribution in [1.82, 2.24) is 0 Å². The first-order valence-corrected chi connectivity index (χ1v) is 21.9. The van der Waals surface area contributed by atoms with Crippen LogP contribution in [0, 0.1) is 0 Å². The van der Waals surface area contributed by atoms with E-state index in [1.54, 1.807) is 0 Å². The molecule has 2 aliphatic rings. The molecule has 2 heterocycles. The van der Waals surface area contributed by atoms with Gasteiger partial charge in [-0.3, -0.25) is 0 Å². The van der Waals surface area contributed by atoms with Crippen LogP contribution in [0.25, 0.3) is 23.3 Å². The van der Waals surface area contributed by atoms with E-state index < -0.39 is 0 Å². The SMILES string of the molecule is OCCN(CCO)c1ccc(C=C2CCCc3c[n+](CCSSCC[n+]4ccc5c(c4)CCCC5=Cc4ccc(N(CCO)CCO)cc4)ccc32)cc1. The van der Waals surface area contributed by atoms with Gasteiger partial charge in [0.2, 0.25) is 0 Å². The predicted octanol–water partition coefficient (Wildman–Crippen LogP) is 5.68. The minimum Gasteiger partial charge on any atom is -0.395 e. The Kier molecular flexibility index (Phi) is 15.5. The molecule has 0 aliphatic heterocycles. The minimum atomic E-state index is 0.0652. The summed E-state index contributed by atoms with van der Waals surface area (Å²) in [6.45, 7) is 4.31. The van der Waals surface area contributed by atoms with E-state index in [0.29, 0.717) is 26.2 Å². The van der Waals surface area contributed by atoms with Gasteiger partial charge in [-0.1, -0.05) is 58.0 Å². The average molecular weight is 769 g/mol. The molecular weight excluding hydrogens is 713 g/mol. The first kappa shape index (κ1) is 40.0. The zero-order valence-corrected chi connectivity index (χ0v) is 33.0. The Morgan fingerprint density at radius 2 is 0.907 bits per heavy atom. The molecule has 54 heavy (non-hydrogen) atoms. The largest absolute Gasteiger partial charge is 0.395 e. The normalized spacial score (nSPS) is 15.3. The maximum atomic E-state index is 9.38. The van der Waals surface area contributed by atoms with Crippen molar-refractivity contribution in [2.24, 2.45) is 0 Å². The number of aliphatic hydroxyl groups excluding tert-OH is 4. The number of aromatic nitrogens is 2. The van der Waals surface area contributed by atoms with E-state index in [2.05, 4.69) is 107 Å². The van der Waals surface area contributed by atoms with Crippen LogP contribution in [-0.4, -0.2) is 84.5 Å². The molecule has 0 fully saturated rings. The zero-order chi connectivity index (χ0) is 37.5. The maximum absolute atomic E-state index is 9.38. The summed E-state index contributed by atoms with van der Waals surface area (Å²) in [4.78, 5) is 4.01. The lowest BCUT2D eigenvalue weighted by atomic mass is 9.87. The van der Waals surface area contributed by atoms with E-state index in [1.165, 1.54) is 44.5 Å². The van der Waals surface area contributed by atoms with Crippen molar-refractivity contribution >= 4 is 56.3 Å². The van der Waals surface area contributed by atoms with Gasteiger partial charge in [0, 0.05) is 60.8 Å². The predicted molar refractivity (Wildman–Crippen MR) is 225 cm³/mol. The summed E-state index contributed by atoms with van der Waals surface area (Å²) in [5.41, 5.74) is 12.8. The van der Waals surface area contributed by atoms with Gasteiger partial charge in [0.15, 0.2) is 37.9 Å². The molecule has 0 saturated heterocycles. The highest BCUT2D eigenvalue weighted by atomic mass is 33.1. The molecule has 0 radical (unpaired) electrons. The first-order valence-electron chi connectivity index (χ1n) is 19.4. The van der Waals surface area contributed by atoms with Crippen molar-refractivity contribution in [3.63, 3.8) is 0 Å². The van der Waals surface area contributed by atoms with Gasteiger partial charge in [0.05, 0.1) is 37.9 Å². The molecule has 4 N–H and O–H groups in total. The van der Waals surface area contributed by atoms with Crippen molar-refractivity contribution in [2.45, 2.75) is 51.6 Å². The molecule has 0 spiro atoms. The Hall–Kier alpha value is -3.64. The summed E-state index contributed by atoms with van der Waals surface area (Å²) in [5.74, 6) is 2.13. The van der Waals surface area contributed by atoms with Crippen LogP contribution in [0.1, 0.15) is 59.1 Å². The molecular formula is C44H56N4O4S2+2. The number of benzene rings is 2. The highest BCUT2D eigenvalue weighted by Gasteiger charge is 2.20. The Bertz CT molecular complexity index is 1700. The number of allylic oxidation sites excluding steroid dienone is 2. The van der Waals surface area contributed by atoms with Crippen LogP contribution in [-0.2, 0) is 25.9 Å². The highest BCUT2D eigenvalue weighted by molar-refractivity contribution is 8.76. The van der Waals surface area contributed by atoms with Crippen LogP contribution < -0.4 is 18.9 Å². The fourth-order valence-corrected chi connectivity index (χ4v) is 9.54. The number of aliphatic hydroxyl groups is 4. The molecule has 6 rings (SSSR count). The highest BCUT2D eigenvalue weighted by Crippen LogP contribution is 2.33. The zero-order valence-electron chi connectivity index (χ0n) is 31.4. The monoisotopic (exact) mass is 768 g/mol. The van der Waals surface area contributed by atoms with Crippen molar-refractivity contribution in [3.05, 3.63) is 119 Å². The third kappa shape index (κ3) is 11.0. The number of nitrogens with zero attached hydrogens (tertiary/aromatic N) is 4. The summed E-state index contributed by atoms with van der Waals surface area (Å²) in [5, 5.41) is 37.5. The summed E-state index contributed by atoms with van der Waals surface area (Å²) in [7, 11) is 3.91. The van der Waals surface area contributed by atoms with E-state index >= 15 is 0 Å². The molecule has 0 saturated carbocycles. The van der Waals surface area contributed by atoms with Crippen LogP contribution in [0.4, 0.5) is 11.4 Å². The van der Waals surface area contributed by atoms with Gasteiger partial charge in [0.1, 0.15) is 0 Å². The van der Waals surface area contributed by atoms with Crippen molar-refractivity contribution in [3.8, 4) is 0 Å². The standard InChI is InChI=1S/C44H56N4O4S2/c49-25-19-47(20-26-50)41-11-7-35(8-12-41)31-37-3-1-5-39-33-45(17-15-43(37)39)23-29-53-54-30-24-46-18-16-44-38(4-2-6-40(44)34-46)32-36-9-13-42(14-10-36)48(21-27-51)22-28-52/h7-18,31-34,49-52H,1-6,19-30H2/q+2. The quantitative estimate of drug-likeness (QED) is 0.0551. The second kappa shape index (κ2) is 20.9. The second-order valence-electron chi connectivity index (χ2n) is 14.0. The molecule has 10 heteroatoms. The Morgan fingerprint density at radius 1 is 0.519 bits per heavy atom. The molecule has 2 aromatic heterocycles. The average Bonchev–Trinajstić information content (AvgIpc) is 3.20. The van der Waals surface area contributed by atoms with Gasteiger partial charge in [-0.25, -0.2) is 9.13 Å². The Balaban J connectivity index is 0.967. The van der Waals surface area contributed by atoms with Crippen molar-refractivity contribution in [1.29, 1.82) is 0 Å². The van der Waals surface area contributed by atoms with E-state index in [4.69, 9.17) is 0 Å². The third-order valence-electron chi connectivity index (χ3n) is 10.3. The molecule has 4 aromatic rings. The van der Waals surface area contributed by atoms with Gasteiger partial charge < -0.3 is 30.2 Å². The Morgan fingerprint density at radius 3 is 1.28 bits per heavy atom. The van der Waals surface area contributed by atoms with Gasteiger partial charge in [-0.05, 0) is 96.2 Å². The van der Waals surface area contributed by atoms with Crippen molar-refractivity contribution in [2.75, 3.05) is 73.9 Å². The number of hydrogen-bond acceptors (Lipinski definition) is 8. The van der Waals surface area contributed by atoms with E-state index in [1.807, 2.05) is 31.4 Å². The lowest BCUT2D eigenvalue weighted by Gasteiger charge is -2.23. The molecule has 0 bridgehead atoms. The van der Waals surface area contributed by atoms with Crippen LogP contribution in [0.3, 0.4) is 0 Å². The summed E-state index contributed by atoms with van der Waals surface area (Å²) in [6.07, 6.45) is 20.5. The molecule has 286 valence electrons. The molecule has 0 atom stereocenters. The van der Waals surface area contributed by atoms with E-state index in [-0.39, 0.29) is 26.4 Å². The second-order valence-corrected chi connectivity index (χ2v) is 16.7. The van der Waals surface area contributed by atoms with E-state index in [0.717, 1.165) is 74.5 Å². The van der Waals surface area contributed by atoms with Crippen LogP contribution in [0.15, 0.2) is 85.5 Å². The number of pyridine rings is 2. The number of rotatable bonds is 19. The minimum absolute atomic E-state index is 0.0652. The van der Waals surface area contributed by atoms with Gasteiger partial charge in [0.25, 0.3) is 0 Å². The Labute approximate surface area is 328 Å². The van der Waals surface area contributed by atoms with Crippen LogP contribution in [0.5, 0.6) is 0 Å². The lowest BCUT2D eigenvalue weighted by molar-refractivity contribution is -0.693. The number of hydrogen-bond donors (Lipinski definition) is 4. The van der Waals surface area contributed by atoms with Crippen LogP contribution >= 0.6 is 21.6 Å². The molecule has 0 amide bonds. The fraction of sp³-hybridized carbons (Fsp3) is 0.409. The van der Waals surface area contributed by atoms with Crippen molar-refractivity contribution < 1.29 is 29.6 Å². The van der Waals surface area contributed by atoms with Gasteiger partial charge in [-0.2, -0.15) is 0 Å². The number of aryl methyl sites for hydroxylation is 4. The lowest BCUT2D eigenvalue weighted by Crippen LogP contribution is -2.36. The molecule has 2 aromatic carbocycles. The maximum Gasteiger partial charge on any atom is 0.172 e. The van der Waals surface area contributed by atoms with E-state index in [9.17, 15) is 20.4 Å². The fourth-order valence-electron chi connectivity index (χ4n) is 7.58. The molecule has 0 unspecified atom stereocenters. The summed E-state index contributed by atoms with van der Waals surface area (Å²) >= 11 is 0. The summed E-state index contributed by atoms with van der Waals surface area (Å²) in [6, 6.07) is 21.4. The molecule has 8 nitrogen and oxygen atoms in total. The van der Waals surface area contributed by atoms with Gasteiger partial charge >= 0.3 is 0 Å². The number of anilines is 2. The molecule has 2 aliphatic carbocycles. The number of fused-ring (bicyclic) bond motifs is 2. The third-order valence-corrected chi connectivity index (χ3v) is 12.7. The smallest absolute Gasteiger partial charge is 0.172 e. The van der Waals surface area contributed by atoms with Crippen LogP contribution in [0.2, 0.25) is 0 Å². The van der Waals surface area contributed by atoms with Gasteiger partial charge in [-0.15, -0.1) is 0 Å². The topological polar surface area (TPSA) is 95.2 Å².